The number of allylic oxidation sites excluding steroid dienone is 2. The van der Waals surface area contributed by atoms with E-state index in [9.17, 15) is 24.6 Å². The highest BCUT2D eigenvalue weighted by molar-refractivity contribution is 6.42. The quantitative estimate of drug-likeness (QED) is 0.0955. The van der Waals surface area contributed by atoms with Crippen molar-refractivity contribution in [2.75, 3.05) is 53.8 Å². The van der Waals surface area contributed by atoms with Gasteiger partial charge in [0, 0.05) is 56.7 Å². The van der Waals surface area contributed by atoms with Crippen LogP contribution >= 0.6 is 0 Å². The van der Waals surface area contributed by atoms with E-state index in [-0.39, 0.29) is 46.0 Å². The Bertz CT molecular complexity index is 2190. The Kier molecular flexibility index (Phi) is 6.92. The average molecular weight is 599 g/mol. The Morgan fingerprint density at radius 1 is 0.841 bits per heavy atom. The van der Waals surface area contributed by atoms with Gasteiger partial charge in [-0.05, 0) is 58.3 Å². The van der Waals surface area contributed by atoms with Gasteiger partial charge < -0.3 is 34.6 Å². The summed E-state index contributed by atoms with van der Waals surface area (Å²) in [5, 5.41) is 29.6. The molecule has 0 fully saturated rings. The van der Waals surface area contributed by atoms with Crippen LogP contribution in [0.15, 0.2) is 27.3 Å². The monoisotopic (exact) mass is 598 g/mol. The van der Waals surface area contributed by atoms with Crippen LogP contribution in [0.3, 0.4) is 0 Å². The lowest BCUT2D eigenvalue weighted by molar-refractivity contribution is -0.111. The van der Waals surface area contributed by atoms with Gasteiger partial charge in [0.15, 0.2) is 33.9 Å². The first kappa shape index (κ1) is 29.3. The maximum absolute atomic E-state index is 13.8. The molecule has 0 aromatic heterocycles. The zero-order valence-corrected chi connectivity index (χ0v) is 25.8. The summed E-state index contributed by atoms with van der Waals surface area (Å²) in [7, 11) is 8.19. The van der Waals surface area contributed by atoms with E-state index in [0.29, 0.717) is 66.8 Å². The number of Topliss-reactive ketones (excluding diaryl/α,β-unsaturated/α-hetero) is 1. The number of ether oxygens (including phenoxy) is 3. The summed E-state index contributed by atoms with van der Waals surface area (Å²) in [4.78, 5) is 42.9. The van der Waals surface area contributed by atoms with Crippen LogP contribution < -0.4 is 30.4 Å². The van der Waals surface area contributed by atoms with Crippen molar-refractivity contribution in [1.29, 1.82) is 0 Å². The summed E-state index contributed by atoms with van der Waals surface area (Å²) < 4.78 is 17.2. The van der Waals surface area contributed by atoms with Gasteiger partial charge in [-0.25, -0.2) is 0 Å². The average Bonchev–Trinajstić information content (AvgIpc) is 3.10. The molecule has 5 aromatic carbocycles. The number of nitrogens with zero attached hydrogens (tertiary/aromatic N) is 1. The number of benzene rings is 5. The smallest absolute Gasteiger partial charge is 0.194 e. The molecule has 1 aliphatic rings. The Balaban J connectivity index is 2.01. The number of phenolic OH excluding ortho intramolecular Hbond substituents is 2. The largest absolute Gasteiger partial charge is 0.505 e. The summed E-state index contributed by atoms with van der Waals surface area (Å²) in [5.41, 5.74) is 1.39. The Labute approximate surface area is 252 Å². The molecule has 44 heavy (non-hydrogen) atoms. The highest BCUT2D eigenvalue weighted by atomic mass is 16.5. The van der Waals surface area contributed by atoms with Crippen LogP contribution in [-0.2, 0) is 11.2 Å². The van der Waals surface area contributed by atoms with Crippen LogP contribution in [0.4, 0.5) is 5.69 Å². The summed E-state index contributed by atoms with van der Waals surface area (Å²) in [6.07, 6.45) is 0.991. The Morgan fingerprint density at radius 3 is 1.93 bits per heavy atom. The highest BCUT2D eigenvalue weighted by Crippen LogP contribution is 2.57. The minimum atomic E-state index is -0.505. The van der Waals surface area contributed by atoms with Crippen molar-refractivity contribution < 1.29 is 29.2 Å². The maximum Gasteiger partial charge on any atom is 0.194 e. The molecule has 10 nitrogen and oxygen atoms in total. The van der Waals surface area contributed by atoms with Gasteiger partial charge in [-0.1, -0.05) is 5.57 Å². The number of carbonyl (C=O) groups is 1. The number of hydrogen-bond donors (Lipinski definition) is 3. The van der Waals surface area contributed by atoms with Crippen LogP contribution in [0.2, 0.25) is 0 Å². The van der Waals surface area contributed by atoms with E-state index in [2.05, 4.69) is 10.2 Å². The third-order valence-corrected chi connectivity index (χ3v) is 8.71. The zero-order chi connectivity index (χ0) is 31.8. The van der Waals surface area contributed by atoms with Gasteiger partial charge >= 0.3 is 0 Å². The van der Waals surface area contributed by atoms with Gasteiger partial charge in [-0.15, -0.1) is 0 Å². The summed E-state index contributed by atoms with van der Waals surface area (Å²) in [5.74, 6) is -0.476. The maximum atomic E-state index is 13.8. The molecule has 0 heterocycles. The van der Waals surface area contributed by atoms with Gasteiger partial charge in [0.1, 0.15) is 11.5 Å². The van der Waals surface area contributed by atoms with Crippen molar-refractivity contribution in [1.82, 2.24) is 4.90 Å². The number of fused-ring (bicyclic) bond motifs is 1. The number of ketones is 1. The number of rotatable bonds is 9. The minimum absolute atomic E-state index is 0.00887. The van der Waals surface area contributed by atoms with Gasteiger partial charge in [-0.2, -0.15) is 0 Å². The van der Waals surface area contributed by atoms with Crippen molar-refractivity contribution in [3.63, 3.8) is 0 Å². The van der Waals surface area contributed by atoms with E-state index in [0.717, 1.165) is 13.0 Å². The second kappa shape index (κ2) is 10.4. The Morgan fingerprint density at radius 2 is 1.41 bits per heavy atom. The molecule has 0 amide bonds. The van der Waals surface area contributed by atoms with Crippen molar-refractivity contribution in [3.05, 3.63) is 49.3 Å². The molecule has 0 saturated carbocycles. The van der Waals surface area contributed by atoms with E-state index < -0.39 is 16.6 Å². The molecular formula is C34H34N2O8. The predicted octanol–water partition coefficient (Wildman–Crippen LogP) is 4.61. The molecule has 0 aliphatic heterocycles. The van der Waals surface area contributed by atoms with Crippen LogP contribution in [0.25, 0.3) is 48.7 Å². The van der Waals surface area contributed by atoms with E-state index in [1.54, 1.807) is 0 Å². The number of nitrogens with one attached hydrogen (secondary N) is 1. The first-order valence-corrected chi connectivity index (χ1v) is 14.3. The Hall–Kier alpha value is -4.83. The van der Waals surface area contributed by atoms with Gasteiger partial charge in [0.25, 0.3) is 0 Å². The van der Waals surface area contributed by atoms with Crippen LogP contribution in [0, 0.1) is 0 Å². The van der Waals surface area contributed by atoms with Gasteiger partial charge in [0.05, 0.1) is 37.8 Å². The van der Waals surface area contributed by atoms with Crippen molar-refractivity contribution >= 4 is 60.1 Å². The molecule has 0 bridgehead atoms. The molecule has 0 radical (unpaired) electrons. The van der Waals surface area contributed by atoms with Gasteiger partial charge in [-0.3, -0.25) is 14.4 Å². The first-order valence-electron chi connectivity index (χ1n) is 14.3. The number of hydrogen-bond acceptors (Lipinski definition) is 10. The molecule has 1 aliphatic carbocycles. The molecule has 228 valence electrons. The summed E-state index contributed by atoms with van der Waals surface area (Å²) in [6.45, 7) is 4.56. The lowest BCUT2D eigenvalue weighted by atomic mass is 9.82. The van der Waals surface area contributed by atoms with Crippen molar-refractivity contribution in [2.45, 2.75) is 26.7 Å². The number of anilines is 1. The molecule has 10 heteroatoms. The standard InChI is InChI=1S/C34H34N2O8/c1-14-11-16-22-27-23(32(40)31(16)35-9-8-10-36(3)4)17(38)12-19(42-5)25(27)26-20(43-6)13-18(39)24-29(26)28(22)30(21(14)15(2)37)34(44-7)33(24)41/h12-13,35,40-41H,8-11H2,1-7H3. The SMILES string of the molecule is COc1c(O)c2c(=O)cc(OC)c3c4c(OC)cc(=O)c5c(O)c(NCCCN(C)C)c6c(c(c1C(C(C)=O)=C(C)C6)c23)c54. The van der Waals surface area contributed by atoms with E-state index in [4.69, 9.17) is 14.2 Å². The topological polar surface area (TPSA) is 135 Å². The lowest BCUT2D eigenvalue weighted by Crippen LogP contribution is -2.17. The molecule has 3 N–H and O–H groups in total. The highest BCUT2D eigenvalue weighted by Gasteiger charge is 2.35. The molecule has 0 atom stereocenters. The normalized spacial score (nSPS) is 13.2. The van der Waals surface area contributed by atoms with Crippen molar-refractivity contribution in [2.24, 2.45) is 0 Å². The van der Waals surface area contributed by atoms with E-state index in [1.807, 2.05) is 21.0 Å². The third-order valence-electron chi connectivity index (χ3n) is 8.71. The third kappa shape index (κ3) is 3.86. The van der Waals surface area contributed by atoms with E-state index >= 15 is 0 Å². The molecule has 5 aromatic rings. The number of aromatic hydroxyl groups is 2. The summed E-state index contributed by atoms with van der Waals surface area (Å²) in [6, 6.07) is 2.59. The molecule has 0 saturated heterocycles. The second-order valence-corrected chi connectivity index (χ2v) is 11.6. The fourth-order valence-corrected chi connectivity index (χ4v) is 7.05. The number of carbonyl (C=O) groups excluding carboxylic acids is 1. The van der Waals surface area contributed by atoms with Crippen molar-refractivity contribution in [3.8, 4) is 28.7 Å². The lowest BCUT2D eigenvalue weighted by Gasteiger charge is -2.24. The fraction of sp³-hybridized carbons (Fsp3) is 0.324. The van der Waals surface area contributed by atoms with Crippen LogP contribution in [0.1, 0.15) is 31.4 Å². The number of methoxy groups -OCH3 is 3. The summed E-state index contributed by atoms with van der Waals surface area (Å²) >= 11 is 0. The molecule has 6 rings (SSSR count). The van der Waals surface area contributed by atoms with E-state index in [1.165, 1.54) is 40.4 Å². The molecule has 0 unspecified atom stereocenters. The minimum Gasteiger partial charge on any atom is -0.505 e. The van der Waals surface area contributed by atoms with Crippen LogP contribution in [0.5, 0.6) is 28.7 Å². The number of phenols is 2. The second-order valence-electron chi connectivity index (χ2n) is 11.6. The molecule has 0 spiro atoms. The molecular weight excluding hydrogens is 564 g/mol. The first-order chi connectivity index (χ1) is 21.0. The fourth-order valence-electron chi connectivity index (χ4n) is 7.05. The zero-order valence-electron chi connectivity index (χ0n) is 25.8. The predicted molar refractivity (Wildman–Crippen MR) is 173 cm³/mol. The van der Waals surface area contributed by atoms with Crippen LogP contribution in [-0.4, -0.2) is 69.4 Å². The van der Waals surface area contributed by atoms with Gasteiger partial charge in [0.2, 0.25) is 0 Å².